The molecule has 0 unspecified atom stereocenters. The fourth-order valence-electron chi connectivity index (χ4n) is 3.26. The molecule has 6 nitrogen and oxygen atoms in total. The molecule has 0 saturated carbocycles. The molecule has 1 aliphatic heterocycles. The largest absolute Gasteiger partial charge is 0.344 e. The summed E-state index contributed by atoms with van der Waals surface area (Å²) in [5.41, 5.74) is 4.74. The maximum atomic E-state index is 12.8. The Labute approximate surface area is 175 Å². The predicted molar refractivity (Wildman–Crippen MR) is 113 cm³/mol. The van der Waals surface area contributed by atoms with Crippen LogP contribution in [0.25, 0.3) is 0 Å². The molecule has 2 N–H and O–H groups in total. The van der Waals surface area contributed by atoms with Gasteiger partial charge in [0.25, 0.3) is 5.91 Å². The van der Waals surface area contributed by atoms with Gasteiger partial charge in [0.05, 0.1) is 5.75 Å². The first-order valence-corrected chi connectivity index (χ1v) is 10.5. The van der Waals surface area contributed by atoms with Crippen molar-refractivity contribution in [3.63, 3.8) is 0 Å². The first kappa shape index (κ1) is 20.9. The summed E-state index contributed by atoms with van der Waals surface area (Å²) in [6.45, 7) is 5.69. The highest BCUT2D eigenvalue weighted by Gasteiger charge is 2.48. The molecule has 2 aromatic carbocycles. The van der Waals surface area contributed by atoms with Gasteiger partial charge in [-0.3, -0.25) is 15.0 Å². The van der Waals surface area contributed by atoms with E-state index in [1.807, 2.05) is 56.3 Å². The van der Waals surface area contributed by atoms with E-state index < -0.39 is 23.4 Å². The van der Waals surface area contributed by atoms with Crippen molar-refractivity contribution in [1.29, 1.82) is 0 Å². The van der Waals surface area contributed by atoms with E-state index >= 15 is 0 Å². The molecule has 0 spiro atoms. The van der Waals surface area contributed by atoms with Crippen LogP contribution in [0.1, 0.15) is 30.0 Å². The Morgan fingerprint density at radius 2 is 1.86 bits per heavy atom. The number of amides is 4. The summed E-state index contributed by atoms with van der Waals surface area (Å²) >= 11 is 1.38. The fraction of sp³-hybridized carbons (Fsp3) is 0.318. The molecular formula is C22H25N3O3S. The second kappa shape index (κ2) is 8.69. The standard InChI is InChI=1S/C22H25N3O3S/c1-15-9-10-18(16(2)13-15)29-14-19(26)24-25-20(27)22(3,23-21(25)28)12-11-17-7-5-4-6-8-17/h4-10,13H,11-12,14H2,1-3H3,(H,23,28)(H,24,26)/t22-/m0/s1. The predicted octanol–water partition coefficient (Wildman–Crippen LogP) is 3.37. The highest BCUT2D eigenvalue weighted by Crippen LogP contribution is 2.24. The van der Waals surface area contributed by atoms with Gasteiger partial charge in [-0.25, -0.2) is 4.79 Å². The third-order valence-electron chi connectivity index (χ3n) is 4.94. The summed E-state index contributed by atoms with van der Waals surface area (Å²) in [6, 6.07) is 15.2. The van der Waals surface area contributed by atoms with Gasteiger partial charge in [0.15, 0.2) is 0 Å². The molecule has 7 heteroatoms. The van der Waals surface area contributed by atoms with Gasteiger partial charge >= 0.3 is 6.03 Å². The number of hydrogen-bond donors (Lipinski definition) is 2. The number of urea groups is 1. The second-order valence-corrected chi connectivity index (χ2v) is 8.50. The number of rotatable bonds is 7. The lowest BCUT2D eigenvalue weighted by Gasteiger charge is -2.21. The zero-order chi connectivity index (χ0) is 21.0. The summed E-state index contributed by atoms with van der Waals surface area (Å²) in [5, 5.41) is 3.51. The molecule has 3 rings (SSSR count). The average molecular weight is 412 g/mol. The van der Waals surface area contributed by atoms with Gasteiger partial charge in [-0.2, -0.15) is 5.01 Å². The molecule has 0 radical (unpaired) electrons. The molecule has 2 aromatic rings. The molecule has 1 fully saturated rings. The van der Waals surface area contributed by atoms with E-state index in [2.05, 4.69) is 16.8 Å². The van der Waals surface area contributed by atoms with Crippen LogP contribution in [0.3, 0.4) is 0 Å². The molecule has 1 saturated heterocycles. The van der Waals surface area contributed by atoms with Crippen molar-refractivity contribution in [2.24, 2.45) is 0 Å². The van der Waals surface area contributed by atoms with E-state index in [0.717, 1.165) is 26.6 Å². The Morgan fingerprint density at radius 3 is 2.55 bits per heavy atom. The Hall–Kier alpha value is -2.80. The summed E-state index contributed by atoms with van der Waals surface area (Å²) < 4.78 is 0. The molecule has 0 bridgehead atoms. The number of hydrazine groups is 1. The van der Waals surface area contributed by atoms with Crippen molar-refractivity contribution in [1.82, 2.24) is 15.8 Å². The molecule has 1 aliphatic rings. The Morgan fingerprint density at radius 1 is 1.14 bits per heavy atom. The fourth-order valence-corrected chi connectivity index (χ4v) is 4.06. The van der Waals surface area contributed by atoms with Crippen LogP contribution in [0.15, 0.2) is 53.4 Å². The van der Waals surface area contributed by atoms with Crippen molar-refractivity contribution in [3.8, 4) is 0 Å². The summed E-state index contributed by atoms with van der Waals surface area (Å²) in [4.78, 5) is 38.4. The lowest BCUT2D eigenvalue weighted by atomic mass is 9.93. The quantitative estimate of drug-likeness (QED) is 0.541. The minimum Gasteiger partial charge on any atom is -0.322 e. The van der Waals surface area contributed by atoms with E-state index in [1.165, 1.54) is 11.8 Å². The number of benzene rings is 2. The van der Waals surface area contributed by atoms with Gasteiger partial charge in [0.1, 0.15) is 5.54 Å². The van der Waals surface area contributed by atoms with Crippen molar-refractivity contribution in [2.45, 2.75) is 44.0 Å². The zero-order valence-corrected chi connectivity index (χ0v) is 17.6. The minimum atomic E-state index is -1.04. The maximum Gasteiger partial charge on any atom is 0.344 e. The van der Waals surface area contributed by atoms with Crippen LogP contribution in [0.4, 0.5) is 4.79 Å². The first-order chi connectivity index (χ1) is 13.8. The highest BCUT2D eigenvalue weighted by atomic mass is 32.2. The van der Waals surface area contributed by atoms with Crippen molar-refractivity contribution in [3.05, 3.63) is 65.2 Å². The molecular weight excluding hydrogens is 386 g/mol. The Kier molecular flexibility index (Phi) is 6.27. The van der Waals surface area contributed by atoms with Crippen LogP contribution in [0.5, 0.6) is 0 Å². The van der Waals surface area contributed by atoms with Gasteiger partial charge in [0.2, 0.25) is 5.91 Å². The van der Waals surface area contributed by atoms with E-state index in [0.29, 0.717) is 12.8 Å². The Bertz CT molecular complexity index is 932. The lowest BCUT2D eigenvalue weighted by Crippen LogP contribution is -2.49. The average Bonchev–Trinajstić information content (AvgIpc) is 2.90. The van der Waals surface area contributed by atoms with Crippen LogP contribution in [-0.4, -0.2) is 34.1 Å². The van der Waals surface area contributed by atoms with E-state index in [4.69, 9.17) is 0 Å². The van der Waals surface area contributed by atoms with Gasteiger partial charge < -0.3 is 5.32 Å². The third-order valence-corrected chi connectivity index (χ3v) is 6.12. The summed E-state index contributed by atoms with van der Waals surface area (Å²) in [7, 11) is 0. The molecule has 152 valence electrons. The number of hydrogen-bond acceptors (Lipinski definition) is 4. The van der Waals surface area contributed by atoms with Crippen LogP contribution < -0.4 is 10.7 Å². The number of thioether (sulfide) groups is 1. The number of nitrogens with zero attached hydrogens (tertiary/aromatic N) is 1. The van der Waals surface area contributed by atoms with Crippen molar-refractivity contribution >= 4 is 29.6 Å². The Balaban J connectivity index is 1.56. The molecule has 29 heavy (non-hydrogen) atoms. The van der Waals surface area contributed by atoms with Crippen LogP contribution in [0, 0.1) is 13.8 Å². The van der Waals surface area contributed by atoms with Gasteiger partial charge in [-0.1, -0.05) is 48.0 Å². The molecule has 4 amide bonds. The number of nitrogens with one attached hydrogen (secondary N) is 2. The smallest absolute Gasteiger partial charge is 0.322 e. The molecule has 0 aliphatic carbocycles. The van der Waals surface area contributed by atoms with Gasteiger partial charge in [0, 0.05) is 4.90 Å². The number of carbonyl (C=O) groups is 3. The third kappa shape index (κ3) is 4.98. The molecule has 1 heterocycles. The molecule has 1 atom stereocenters. The van der Waals surface area contributed by atoms with Crippen LogP contribution in [0.2, 0.25) is 0 Å². The monoisotopic (exact) mass is 411 g/mol. The molecule has 0 aromatic heterocycles. The zero-order valence-electron chi connectivity index (χ0n) is 16.8. The summed E-state index contributed by atoms with van der Waals surface area (Å²) in [5.74, 6) is -0.726. The second-order valence-electron chi connectivity index (χ2n) is 7.48. The maximum absolute atomic E-state index is 12.8. The normalized spacial score (nSPS) is 18.7. The summed E-state index contributed by atoms with van der Waals surface area (Å²) in [6.07, 6.45) is 1.10. The van der Waals surface area contributed by atoms with E-state index in [-0.39, 0.29) is 5.75 Å². The van der Waals surface area contributed by atoms with E-state index in [1.54, 1.807) is 6.92 Å². The lowest BCUT2D eigenvalue weighted by molar-refractivity contribution is -0.138. The van der Waals surface area contributed by atoms with E-state index in [9.17, 15) is 14.4 Å². The first-order valence-electron chi connectivity index (χ1n) is 9.49. The van der Waals surface area contributed by atoms with Crippen LogP contribution in [-0.2, 0) is 16.0 Å². The SMILES string of the molecule is Cc1ccc(SCC(=O)NN2C(=O)N[C@@](C)(CCc3ccccc3)C2=O)c(C)c1. The van der Waals surface area contributed by atoms with Crippen LogP contribution >= 0.6 is 11.8 Å². The van der Waals surface area contributed by atoms with Crippen molar-refractivity contribution < 1.29 is 14.4 Å². The number of aryl methyl sites for hydroxylation is 3. The van der Waals surface area contributed by atoms with Gasteiger partial charge in [-0.15, -0.1) is 11.8 Å². The van der Waals surface area contributed by atoms with Crippen molar-refractivity contribution in [2.75, 3.05) is 5.75 Å². The number of imide groups is 1. The van der Waals surface area contributed by atoms with Gasteiger partial charge in [-0.05, 0) is 50.8 Å². The topological polar surface area (TPSA) is 78.5 Å². The number of carbonyl (C=O) groups excluding carboxylic acids is 3. The highest BCUT2D eigenvalue weighted by molar-refractivity contribution is 8.00. The minimum absolute atomic E-state index is 0.113.